The molecule has 1 aliphatic rings. The van der Waals surface area contributed by atoms with Crippen LogP contribution < -0.4 is 10.5 Å². The summed E-state index contributed by atoms with van der Waals surface area (Å²) in [6.45, 7) is 1.01. The third-order valence-corrected chi connectivity index (χ3v) is 4.47. The van der Waals surface area contributed by atoms with Crippen molar-refractivity contribution in [3.05, 3.63) is 56.4 Å². The minimum Gasteiger partial charge on any atom is -0.388 e. The van der Waals surface area contributed by atoms with Crippen LogP contribution in [0.2, 0.25) is 10.0 Å². The van der Waals surface area contributed by atoms with Crippen molar-refractivity contribution in [2.24, 2.45) is 0 Å². The first-order valence-corrected chi connectivity index (χ1v) is 7.67. The topological polar surface area (TPSA) is 69.2 Å². The first-order valence-electron chi connectivity index (χ1n) is 6.92. The van der Waals surface area contributed by atoms with Gasteiger partial charge in [0, 0.05) is 24.5 Å². The summed E-state index contributed by atoms with van der Waals surface area (Å²) in [5, 5.41) is 17.6. The maximum atomic E-state index is 11.5. The molecule has 1 saturated heterocycles. The number of H-pyrrole nitrogens is 1. The second kappa shape index (κ2) is 5.91. The number of aliphatic hydroxyl groups is 1. The van der Waals surface area contributed by atoms with Crippen LogP contribution >= 0.6 is 23.2 Å². The van der Waals surface area contributed by atoms with E-state index in [1.54, 1.807) is 6.07 Å². The molecule has 7 heteroatoms. The molecule has 3 rings (SSSR count). The van der Waals surface area contributed by atoms with Crippen LogP contribution in [0.1, 0.15) is 12.0 Å². The number of hydrogen-bond acceptors (Lipinski definition) is 4. The highest BCUT2D eigenvalue weighted by molar-refractivity contribution is 6.33. The van der Waals surface area contributed by atoms with Gasteiger partial charge in [-0.05, 0) is 24.1 Å². The summed E-state index contributed by atoms with van der Waals surface area (Å²) in [4.78, 5) is 13.4. The predicted molar refractivity (Wildman–Crippen MR) is 86.8 cm³/mol. The summed E-state index contributed by atoms with van der Waals surface area (Å²) in [5.74, 6) is 0. The van der Waals surface area contributed by atoms with Gasteiger partial charge in [-0.3, -0.25) is 4.79 Å². The molecule has 0 bridgehead atoms. The van der Waals surface area contributed by atoms with E-state index in [1.165, 1.54) is 6.20 Å². The standard InChI is InChI=1S/C15H15Cl2N3O2/c16-11-3-1-2-10(6-11)7-15(22)4-5-20(9-15)12-8-18-19-14(21)13(12)17/h1-3,6,8,22H,4-5,7,9H2,(H,19,21)/t15-/m0/s1. The average molecular weight is 340 g/mol. The van der Waals surface area contributed by atoms with Crippen molar-refractivity contribution in [3.8, 4) is 0 Å². The summed E-state index contributed by atoms with van der Waals surface area (Å²) in [5.41, 5.74) is 0.222. The van der Waals surface area contributed by atoms with E-state index in [0.29, 0.717) is 36.6 Å². The van der Waals surface area contributed by atoms with E-state index in [9.17, 15) is 9.90 Å². The molecule has 1 aromatic heterocycles. The Kier molecular flexibility index (Phi) is 4.12. The number of anilines is 1. The number of halogens is 2. The first kappa shape index (κ1) is 15.3. The van der Waals surface area contributed by atoms with Crippen molar-refractivity contribution in [2.75, 3.05) is 18.0 Å². The Morgan fingerprint density at radius 1 is 1.41 bits per heavy atom. The minimum atomic E-state index is -0.878. The lowest BCUT2D eigenvalue weighted by molar-refractivity contribution is 0.0637. The number of aromatic amines is 1. The predicted octanol–water partition coefficient (Wildman–Crippen LogP) is 2.26. The number of nitrogens with one attached hydrogen (secondary N) is 1. The molecule has 2 aromatic rings. The van der Waals surface area contributed by atoms with Crippen LogP contribution in [-0.2, 0) is 6.42 Å². The molecule has 0 saturated carbocycles. The van der Waals surface area contributed by atoms with Gasteiger partial charge in [-0.15, -0.1) is 0 Å². The van der Waals surface area contributed by atoms with Crippen LogP contribution in [0.25, 0.3) is 0 Å². The normalized spacial score (nSPS) is 21.3. The Labute approximate surface area is 137 Å². The first-order chi connectivity index (χ1) is 10.5. The van der Waals surface area contributed by atoms with E-state index in [2.05, 4.69) is 10.2 Å². The molecule has 0 unspecified atom stereocenters. The van der Waals surface area contributed by atoms with Gasteiger partial charge in [-0.2, -0.15) is 5.10 Å². The molecule has 0 radical (unpaired) electrons. The van der Waals surface area contributed by atoms with Gasteiger partial charge in [0.1, 0.15) is 5.02 Å². The van der Waals surface area contributed by atoms with Gasteiger partial charge in [0.15, 0.2) is 0 Å². The number of β-amino-alcohol motifs (C(OH)–C–C–N with tert-alkyl or cyclic N) is 1. The van der Waals surface area contributed by atoms with Crippen LogP contribution in [0.3, 0.4) is 0 Å². The molecule has 22 heavy (non-hydrogen) atoms. The summed E-state index contributed by atoms with van der Waals surface area (Å²) in [6, 6.07) is 7.46. The van der Waals surface area contributed by atoms with Gasteiger partial charge in [-0.1, -0.05) is 35.3 Å². The van der Waals surface area contributed by atoms with E-state index in [-0.39, 0.29) is 5.02 Å². The van der Waals surface area contributed by atoms with Crippen LogP contribution in [0.5, 0.6) is 0 Å². The summed E-state index contributed by atoms with van der Waals surface area (Å²) in [6.07, 6.45) is 2.59. The van der Waals surface area contributed by atoms with Crippen molar-refractivity contribution < 1.29 is 5.11 Å². The minimum absolute atomic E-state index is 0.0991. The van der Waals surface area contributed by atoms with Crippen molar-refractivity contribution in [2.45, 2.75) is 18.4 Å². The maximum Gasteiger partial charge on any atom is 0.285 e. The van der Waals surface area contributed by atoms with E-state index in [0.717, 1.165) is 5.56 Å². The molecule has 2 heterocycles. The fourth-order valence-corrected chi connectivity index (χ4v) is 3.25. The van der Waals surface area contributed by atoms with E-state index in [1.807, 2.05) is 23.1 Å². The third kappa shape index (κ3) is 3.11. The summed E-state index contributed by atoms with van der Waals surface area (Å²) in [7, 11) is 0. The van der Waals surface area contributed by atoms with Crippen LogP contribution in [-0.4, -0.2) is 34.0 Å². The zero-order valence-corrected chi connectivity index (χ0v) is 13.2. The Morgan fingerprint density at radius 3 is 3.00 bits per heavy atom. The molecule has 1 aromatic carbocycles. The molecule has 5 nitrogen and oxygen atoms in total. The molecule has 2 N–H and O–H groups in total. The van der Waals surface area contributed by atoms with Crippen LogP contribution in [0, 0.1) is 0 Å². The Bertz CT molecular complexity index is 750. The van der Waals surface area contributed by atoms with E-state index in [4.69, 9.17) is 23.2 Å². The molecule has 0 amide bonds. The second-order valence-corrected chi connectivity index (χ2v) is 6.42. The quantitative estimate of drug-likeness (QED) is 0.899. The van der Waals surface area contributed by atoms with Crippen molar-refractivity contribution in [1.29, 1.82) is 0 Å². The highest BCUT2D eigenvalue weighted by Gasteiger charge is 2.37. The number of hydrogen-bond donors (Lipinski definition) is 2. The summed E-state index contributed by atoms with van der Waals surface area (Å²) >= 11 is 12.0. The fraction of sp³-hybridized carbons (Fsp3) is 0.333. The van der Waals surface area contributed by atoms with Gasteiger partial charge in [0.05, 0.1) is 17.5 Å². The number of benzene rings is 1. The monoisotopic (exact) mass is 339 g/mol. The molecule has 1 aliphatic heterocycles. The maximum absolute atomic E-state index is 11.5. The third-order valence-electron chi connectivity index (χ3n) is 3.87. The number of nitrogens with zero attached hydrogens (tertiary/aromatic N) is 2. The van der Waals surface area contributed by atoms with Gasteiger partial charge in [0.2, 0.25) is 0 Å². The highest BCUT2D eigenvalue weighted by atomic mass is 35.5. The zero-order chi connectivity index (χ0) is 15.7. The van der Waals surface area contributed by atoms with Crippen LogP contribution in [0.4, 0.5) is 5.69 Å². The molecule has 0 aliphatic carbocycles. The number of rotatable bonds is 3. The lowest BCUT2D eigenvalue weighted by atomic mass is 9.94. The fourth-order valence-electron chi connectivity index (χ4n) is 2.83. The van der Waals surface area contributed by atoms with Crippen molar-refractivity contribution in [3.63, 3.8) is 0 Å². The van der Waals surface area contributed by atoms with Gasteiger partial charge < -0.3 is 10.0 Å². The highest BCUT2D eigenvalue weighted by Crippen LogP contribution is 2.31. The summed E-state index contributed by atoms with van der Waals surface area (Å²) < 4.78 is 0. The number of aromatic nitrogens is 2. The Morgan fingerprint density at radius 2 is 2.23 bits per heavy atom. The van der Waals surface area contributed by atoms with E-state index < -0.39 is 11.2 Å². The molecular formula is C15H15Cl2N3O2. The molecule has 1 fully saturated rings. The van der Waals surface area contributed by atoms with Crippen molar-refractivity contribution in [1.82, 2.24) is 10.2 Å². The smallest absolute Gasteiger partial charge is 0.285 e. The Hall–Kier alpha value is -1.56. The van der Waals surface area contributed by atoms with E-state index >= 15 is 0 Å². The molecule has 0 spiro atoms. The van der Waals surface area contributed by atoms with Gasteiger partial charge in [-0.25, -0.2) is 5.10 Å². The zero-order valence-electron chi connectivity index (χ0n) is 11.7. The molecular weight excluding hydrogens is 325 g/mol. The second-order valence-electron chi connectivity index (χ2n) is 5.60. The molecule has 1 atom stereocenters. The van der Waals surface area contributed by atoms with Gasteiger partial charge >= 0.3 is 0 Å². The SMILES string of the molecule is O=c1[nH]ncc(N2CC[C@](O)(Cc3cccc(Cl)c3)C2)c1Cl. The van der Waals surface area contributed by atoms with Crippen molar-refractivity contribution >= 4 is 28.9 Å². The lowest BCUT2D eigenvalue weighted by Gasteiger charge is -2.24. The largest absolute Gasteiger partial charge is 0.388 e. The lowest BCUT2D eigenvalue weighted by Crippen LogP contribution is -2.35. The van der Waals surface area contributed by atoms with Crippen LogP contribution in [0.15, 0.2) is 35.3 Å². The van der Waals surface area contributed by atoms with Gasteiger partial charge in [0.25, 0.3) is 5.56 Å². The average Bonchev–Trinajstić information content (AvgIpc) is 2.84. The Balaban J connectivity index is 1.79. The molecule has 116 valence electrons.